The van der Waals surface area contributed by atoms with E-state index in [4.69, 9.17) is 4.74 Å². The van der Waals surface area contributed by atoms with E-state index in [0.717, 1.165) is 31.6 Å². The average Bonchev–Trinajstić information content (AvgIpc) is 2.23. The van der Waals surface area contributed by atoms with Crippen LogP contribution in [-0.4, -0.2) is 25.8 Å². The second kappa shape index (κ2) is 10.1. The van der Waals surface area contributed by atoms with Gasteiger partial charge in [0.2, 0.25) is 0 Å². The lowest BCUT2D eigenvalue weighted by Gasteiger charge is -2.28. The summed E-state index contributed by atoms with van der Waals surface area (Å²) in [7, 11) is 0. The van der Waals surface area contributed by atoms with Gasteiger partial charge in [-0.15, -0.1) is 0 Å². The van der Waals surface area contributed by atoms with Crippen LogP contribution in [0.15, 0.2) is 0 Å². The van der Waals surface area contributed by atoms with E-state index < -0.39 is 0 Å². The van der Waals surface area contributed by atoms with Gasteiger partial charge < -0.3 is 10.1 Å². The Morgan fingerprint density at radius 1 is 1.06 bits per heavy atom. The van der Waals surface area contributed by atoms with E-state index in [2.05, 4.69) is 39.9 Å². The first-order chi connectivity index (χ1) is 7.63. The normalized spacial score (nSPS) is 15.4. The monoisotopic (exact) mass is 229 g/mol. The molecule has 0 saturated carbocycles. The Balaban J connectivity index is 3.76. The smallest absolute Gasteiger partial charge is 0.0469 e. The van der Waals surface area contributed by atoms with Crippen molar-refractivity contribution < 1.29 is 4.74 Å². The summed E-state index contributed by atoms with van der Waals surface area (Å²) in [6.07, 6.45) is 3.59. The summed E-state index contributed by atoms with van der Waals surface area (Å²) < 4.78 is 5.66. The van der Waals surface area contributed by atoms with Crippen LogP contribution in [-0.2, 0) is 4.74 Å². The van der Waals surface area contributed by atoms with Crippen molar-refractivity contribution in [2.45, 2.75) is 59.9 Å². The highest BCUT2D eigenvalue weighted by molar-refractivity contribution is 4.74. The maximum Gasteiger partial charge on any atom is 0.0469 e. The Labute approximate surface area is 102 Å². The first-order valence-corrected chi connectivity index (χ1v) is 6.94. The molecule has 0 aromatic heterocycles. The van der Waals surface area contributed by atoms with Gasteiger partial charge in [-0.25, -0.2) is 0 Å². The van der Waals surface area contributed by atoms with Crippen LogP contribution in [0.2, 0.25) is 0 Å². The van der Waals surface area contributed by atoms with Crippen molar-refractivity contribution in [2.24, 2.45) is 11.8 Å². The van der Waals surface area contributed by atoms with E-state index >= 15 is 0 Å². The Kier molecular flexibility index (Phi) is 10.0. The number of hydrogen-bond donors (Lipinski definition) is 1. The van der Waals surface area contributed by atoms with Crippen LogP contribution >= 0.6 is 0 Å². The van der Waals surface area contributed by atoms with Crippen molar-refractivity contribution in [1.29, 1.82) is 0 Å². The van der Waals surface area contributed by atoms with E-state index in [0.29, 0.717) is 6.04 Å². The Bertz CT molecular complexity index is 148. The van der Waals surface area contributed by atoms with Crippen LogP contribution in [0.5, 0.6) is 0 Å². The van der Waals surface area contributed by atoms with Crippen molar-refractivity contribution in [1.82, 2.24) is 5.32 Å². The maximum absolute atomic E-state index is 5.66. The largest absolute Gasteiger partial charge is 0.381 e. The summed E-state index contributed by atoms with van der Waals surface area (Å²) in [6, 6.07) is 0.597. The molecule has 0 radical (unpaired) electrons. The van der Waals surface area contributed by atoms with Crippen molar-refractivity contribution in [3.63, 3.8) is 0 Å². The second-order valence-corrected chi connectivity index (χ2v) is 5.01. The zero-order valence-electron chi connectivity index (χ0n) is 11.9. The molecule has 0 aliphatic heterocycles. The fourth-order valence-corrected chi connectivity index (χ4v) is 2.20. The molecule has 0 fully saturated rings. The van der Waals surface area contributed by atoms with E-state index in [1.165, 1.54) is 19.3 Å². The first-order valence-electron chi connectivity index (χ1n) is 6.94. The minimum absolute atomic E-state index is 0.597. The Morgan fingerprint density at radius 3 is 2.25 bits per heavy atom. The van der Waals surface area contributed by atoms with Crippen LogP contribution in [0.4, 0.5) is 0 Å². The number of ether oxygens (including phenoxy) is 1. The van der Waals surface area contributed by atoms with Gasteiger partial charge in [0.15, 0.2) is 0 Å². The molecule has 0 rings (SSSR count). The molecule has 0 aromatic carbocycles. The highest BCUT2D eigenvalue weighted by Crippen LogP contribution is 2.19. The molecule has 0 aliphatic carbocycles. The van der Waals surface area contributed by atoms with Crippen molar-refractivity contribution in [3.8, 4) is 0 Å². The van der Waals surface area contributed by atoms with Crippen LogP contribution in [0.25, 0.3) is 0 Å². The van der Waals surface area contributed by atoms with Gasteiger partial charge in [-0.1, -0.05) is 34.1 Å². The summed E-state index contributed by atoms with van der Waals surface area (Å²) in [5.41, 5.74) is 0. The molecule has 0 aromatic rings. The molecule has 0 spiro atoms. The minimum atomic E-state index is 0.597. The quantitative estimate of drug-likeness (QED) is 0.579. The third-order valence-corrected chi connectivity index (χ3v) is 3.26. The van der Waals surface area contributed by atoms with Crippen LogP contribution in [0.1, 0.15) is 53.9 Å². The lowest BCUT2D eigenvalue weighted by Crippen LogP contribution is -2.36. The molecule has 0 bridgehead atoms. The molecule has 16 heavy (non-hydrogen) atoms. The fraction of sp³-hybridized carbons (Fsp3) is 1.00. The minimum Gasteiger partial charge on any atom is -0.381 e. The molecular formula is C14H31NO. The molecule has 2 atom stereocenters. The number of rotatable bonds is 10. The van der Waals surface area contributed by atoms with Crippen LogP contribution in [0, 0.1) is 11.8 Å². The second-order valence-electron chi connectivity index (χ2n) is 5.01. The molecule has 2 unspecified atom stereocenters. The molecule has 2 heteroatoms. The molecule has 0 amide bonds. The first kappa shape index (κ1) is 15.9. The summed E-state index contributed by atoms with van der Waals surface area (Å²) >= 11 is 0. The van der Waals surface area contributed by atoms with Gasteiger partial charge in [0, 0.05) is 19.3 Å². The summed E-state index contributed by atoms with van der Waals surface area (Å²) in [5.74, 6) is 1.45. The predicted octanol–water partition coefficient (Wildman–Crippen LogP) is 3.46. The molecular weight excluding hydrogens is 198 g/mol. The van der Waals surface area contributed by atoms with Gasteiger partial charge in [-0.05, 0) is 38.1 Å². The molecule has 0 saturated heterocycles. The van der Waals surface area contributed by atoms with Crippen LogP contribution < -0.4 is 5.32 Å². The van der Waals surface area contributed by atoms with Crippen molar-refractivity contribution >= 4 is 0 Å². The molecule has 0 aliphatic rings. The van der Waals surface area contributed by atoms with Crippen molar-refractivity contribution in [3.05, 3.63) is 0 Å². The van der Waals surface area contributed by atoms with Gasteiger partial charge in [0.05, 0.1) is 0 Å². The third-order valence-electron chi connectivity index (χ3n) is 3.26. The van der Waals surface area contributed by atoms with Gasteiger partial charge in [0.25, 0.3) is 0 Å². The SMILES string of the molecule is CCCCOCCC(C(C)C)C(C)NCC. The maximum atomic E-state index is 5.66. The lowest BCUT2D eigenvalue weighted by atomic mass is 9.86. The predicted molar refractivity (Wildman–Crippen MR) is 71.8 cm³/mol. The zero-order valence-corrected chi connectivity index (χ0v) is 11.9. The zero-order chi connectivity index (χ0) is 12.4. The van der Waals surface area contributed by atoms with E-state index in [1.807, 2.05) is 0 Å². The van der Waals surface area contributed by atoms with Gasteiger partial charge in [-0.3, -0.25) is 0 Å². The standard InChI is InChI=1S/C14H31NO/c1-6-8-10-16-11-9-14(12(3)4)13(5)15-7-2/h12-15H,6-11H2,1-5H3. The topological polar surface area (TPSA) is 21.3 Å². The van der Waals surface area contributed by atoms with E-state index in [1.54, 1.807) is 0 Å². The fourth-order valence-electron chi connectivity index (χ4n) is 2.20. The van der Waals surface area contributed by atoms with Crippen molar-refractivity contribution in [2.75, 3.05) is 19.8 Å². The van der Waals surface area contributed by atoms with Gasteiger partial charge >= 0.3 is 0 Å². The van der Waals surface area contributed by atoms with Crippen LogP contribution in [0.3, 0.4) is 0 Å². The highest BCUT2D eigenvalue weighted by atomic mass is 16.5. The molecule has 0 heterocycles. The number of nitrogens with one attached hydrogen (secondary N) is 1. The lowest BCUT2D eigenvalue weighted by molar-refractivity contribution is 0.103. The number of hydrogen-bond acceptors (Lipinski definition) is 2. The molecule has 2 nitrogen and oxygen atoms in total. The molecule has 1 N–H and O–H groups in total. The van der Waals surface area contributed by atoms with E-state index in [9.17, 15) is 0 Å². The van der Waals surface area contributed by atoms with E-state index in [-0.39, 0.29) is 0 Å². The average molecular weight is 229 g/mol. The van der Waals surface area contributed by atoms with Gasteiger partial charge in [-0.2, -0.15) is 0 Å². The summed E-state index contributed by atoms with van der Waals surface area (Å²) in [6.45, 7) is 14.2. The highest BCUT2D eigenvalue weighted by Gasteiger charge is 2.19. The molecule has 98 valence electrons. The Hall–Kier alpha value is -0.0800. The van der Waals surface area contributed by atoms with Gasteiger partial charge in [0.1, 0.15) is 0 Å². The summed E-state index contributed by atoms with van der Waals surface area (Å²) in [4.78, 5) is 0. The third kappa shape index (κ3) is 7.24. The number of unbranched alkanes of at least 4 members (excludes halogenated alkanes) is 1. The Morgan fingerprint density at radius 2 is 1.75 bits per heavy atom. The summed E-state index contributed by atoms with van der Waals surface area (Å²) in [5, 5.41) is 3.52.